The van der Waals surface area contributed by atoms with Gasteiger partial charge in [-0.2, -0.15) is 4.72 Å². The van der Waals surface area contributed by atoms with E-state index < -0.39 is 40.0 Å². The molecule has 0 bridgehead atoms. The summed E-state index contributed by atoms with van der Waals surface area (Å²) in [5.74, 6) is -2.09. The number of hydrogen-bond acceptors (Lipinski definition) is 7. The number of carbonyl (C=O) groups is 3. The number of rotatable bonds is 9. The first-order chi connectivity index (χ1) is 18.0. The number of nitrogens with zero attached hydrogens (tertiary/aromatic N) is 2. The number of piperidine rings is 1. The minimum atomic E-state index is -3.86. The first kappa shape index (κ1) is 29.3. The lowest BCUT2D eigenvalue weighted by molar-refractivity contribution is -0.145. The van der Waals surface area contributed by atoms with E-state index in [1.165, 1.54) is 41.3 Å². The van der Waals surface area contributed by atoms with Gasteiger partial charge >= 0.3 is 5.97 Å². The molecule has 0 saturated carbocycles. The van der Waals surface area contributed by atoms with Crippen molar-refractivity contribution in [1.82, 2.24) is 19.8 Å². The zero-order valence-corrected chi connectivity index (χ0v) is 23.2. The number of likely N-dealkylation sites (tertiary alicyclic amines) is 1. The van der Waals surface area contributed by atoms with Gasteiger partial charge in [-0.3, -0.25) is 14.5 Å². The lowest BCUT2D eigenvalue weighted by Gasteiger charge is -2.42. The summed E-state index contributed by atoms with van der Waals surface area (Å²) in [5.41, 5.74) is 1.20. The normalized spacial score (nSPS) is 17.0. The number of nitrogens with one attached hydrogen (secondary N) is 2. The molecule has 2 unspecified atom stereocenters. The number of carbonyl (C=O) groups excluding carboxylic acids is 3. The molecule has 3 rings (SSSR count). The zero-order valence-electron chi connectivity index (χ0n) is 22.4. The number of sulfonamides is 1. The molecule has 2 atom stereocenters. The molecule has 0 aliphatic carbocycles. The van der Waals surface area contributed by atoms with Gasteiger partial charge in [0.05, 0.1) is 13.4 Å². The van der Waals surface area contributed by atoms with Crippen LogP contribution < -0.4 is 10.0 Å². The topological polar surface area (TPSA) is 125 Å². The lowest BCUT2D eigenvalue weighted by Crippen LogP contribution is -2.60. The van der Waals surface area contributed by atoms with Crippen LogP contribution in [0.4, 0.5) is 0 Å². The predicted octanol–water partition coefficient (Wildman–Crippen LogP) is 2.28. The van der Waals surface area contributed by atoms with E-state index in [9.17, 15) is 22.8 Å². The van der Waals surface area contributed by atoms with E-state index in [1.807, 2.05) is 18.2 Å². The summed E-state index contributed by atoms with van der Waals surface area (Å²) >= 11 is 0. The van der Waals surface area contributed by atoms with Crippen molar-refractivity contribution in [2.24, 2.45) is 0 Å². The van der Waals surface area contributed by atoms with E-state index in [-0.39, 0.29) is 11.7 Å². The molecule has 11 heteroatoms. The van der Waals surface area contributed by atoms with E-state index in [2.05, 4.69) is 46.1 Å². The number of allylic oxidation sites excluding steroid dienone is 1. The largest absolute Gasteiger partial charge is 0.464 e. The van der Waals surface area contributed by atoms with Crippen molar-refractivity contribution in [1.29, 1.82) is 0 Å². The van der Waals surface area contributed by atoms with E-state index in [4.69, 9.17) is 4.74 Å². The number of esters is 1. The van der Waals surface area contributed by atoms with Gasteiger partial charge < -0.3 is 15.0 Å². The van der Waals surface area contributed by atoms with Crippen molar-refractivity contribution in [3.05, 3.63) is 59.8 Å². The summed E-state index contributed by atoms with van der Waals surface area (Å²) in [5, 5.41) is 4.70. The van der Waals surface area contributed by atoms with Crippen LogP contribution >= 0.6 is 0 Å². The van der Waals surface area contributed by atoms with Crippen LogP contribution in [-0.2, 0) is 29.1 Å². The molecule has 1 heterocycles. The second-order valence-electron chi connectivity index (χ2n) is 9.41. The van der Waals surface area contributed by atoms with Crippen molar-refractivity contribution >= 4 is 38.6 Å². The quantitative estimate of drug-likeness (QED) is 0.282. The van der Waals surface area contributed by atoms with Gasteiger partial charge in [0, 0.05) is 32.1 Å². The lowest BCUT2D eigenvalue weighted by atomic mass is 9.95. The summed E-state index contributed by atoms with van der Waals surface area (Å²) in [7, 11) is -2.65. The minimum absolute atomic E-state index is 0.0105. The fraction of sp³-hybridized carbons (Fsp3) is 0.444. The molecule has 0 spiro atoms. The summed E-state index contributed by atoms with van der Waals surface area (Å²) in [6.07, 6.45) is 1.83. The monoisotopic (exact) mass is 544 g/mol. The van der Waals surface area contributed by atoms with Crippen LogP contribution in [0.3, 0.4) is 0 Å². The molecular formula is C27H36N4O6S. The van der Waals surface area contributed by atoms with Crippen LogP contribution in [-0.4, -0.2) is 74.7 Å². The van der Waals surface area contributed by atoms with Crippen molar-refractivity contribution in [2.45, 2.75) is 51.9 Å². The molecule has 1 aliphatic heterocycles. The number of fused-ring (bicyclic) bond motifs is 1. The third-order valence-corrected chi connectivity index (χ3v) is 7.44. The van der Waals surface area contributed by atoms with Gasteiger partial charge in [0.2, 0.25) is 15.9 Å². The van der Waals surface area contributed by atoms with Gasteiger partial charge in [0.25, 0.3) is 5.91 Å². The molecule has 2 amide bonds. The first-order valence-corrected chi connectivity index (χ1v) is 14.4. The van der Waals surface area contributed by atoms with Gasteiger partial charge in [-0.05, 0) is 43.0 Å². The second kappa shape index (κ2) is 12.5. The Bertz CT molecular complexity index is 1310. The molecule has 2 aromatic rings. The summed E-state index contributed by atoms with van der Waals surface area (Å²) < 4.78 is 31.0. The van der Waals surface area contributed by atoms with Crippen LogP contribution in [0.15, 0.2) is 54.2 Å². The number of amides is 2. The molecule has 1 aliphatic rings. The highest BCUT2D eigenvalue weighted by atomic mass is 32.2. The fourth-order valence-corrected chi connectivity index (χ4v) is 5.58. The SMILES string of the molecule is CC=C(C(=O)OC)N(C(=O)C(NC(C)=O)NS(C)(=O)=O)C1CCN(C(C)c2cccc3ccccc23)CC1. The Labute approximate surface area is 224 Å². The van der Waals surface area contributed by atoms with Gasteiger partial charge in [0.1, 0.15) is 5.70 Å². The Morgan fingerprint density at radius 3 is 2.32 bits per heavy atom. The number of ether oxygens (including phenoxy) is 1. The Kier molecular flexibility index (Phi) is 9.64. The Balaban J connectivity index is 1.87. The Hall–Kier alpha value is -3.28. The number of methoxy groups -OCH3 is 1. The van der Waals surface area contributed by atoms with Crippen LogP contribution in [0, 0.1) is 0 Å². The fourth-order valence-electron chi connectivity index (χ4n) is 5.00. The minimum Gasteiger partial charge on any atom is -0.464 e. The second-order valence-corrected chi connectivity index (χ2v) is 11.2. The maximum absolute atomic E-state index is 13.7. The van der Waals surface area contributed by atoms with E-state index in [0.717, 1.165) is 6.26 Å². The standard InChI is InChI=1S/C27H36N4O6S/c1-6-24(27(34)37-4)31(26(33)25(28-19(3)32)29-38(5,35)36)21-14-16-30(17-15-21)18(2)22-13-9-11-20-10-7-8-12-23(20)22/h6-13,18,21,25,29H,14-17H2,1-5H3,(H,28,32). The third-order valence-electron chi connectivity index (χ3n) is 6.78. The highest BCUT2D eigenvalue weighted by Crippen LogP contribution is 2.32. The molecular weight excluding hydrogens is 508 g/mol. The zero-order chi connectivity index (χ0) is 28.0. The maximum Gasteiger partial charge on any atom is 0.354 e. The highest BCUT2D eigenvalue weighted by Gasteiger charge is 2.38. The molecule has 10 nitrogen and oxygen atoms in total. The number of benzene rings is 2. The molecule has 1 saturated heterocycles. The molecule has 2 aromatic carbocycles. The molecule has 1 fully saturated rings. The Morgan fingerprint density at radius 1 is 1.11 bits per heavy atom. The van der Waals surface area contributed by atoms with Crippen molar-refractivity contribution in [3.8, 4) is 0 Å². The van der Waals surface area contributed by atoms with Gasteiger partial charge in [-0.1, -0.05) is 48.5 Å². The smallest absolute Gasteiger partial charge is 0.354 e. The summed E-state index contributed by atoms with van der Waals surface area (Å²) in [6, 6.07) is 14.2. The number of hydrogen-bond donors (Lipinski definition) is 2. The summed E-state index contributed by atoms with van der Waals surface area (Å²) in [4.78, 5) is 41.7. The average molecular weight is 545 g/mol. The van der Waals surface area contributed by atoms with Crippen LogP contribution in [0.25, 0.3) is 10.8 Å². The van der Waals surface area contributed by atoms with Gasteiger partial charge in [-0.25, -0.2) is 13.2 Å². The maximum atomic E-state index is 13.7. The molecule has 0 aromatic heterocycles. The van der Waals surface area contributed by atoms with Gasteiger partial charge in [0.15, 0.2) is 6.17 Å². The molecule has 206 valence electrons. The molecule has 0 radical (unpaired) electrons. The molecule has 38 heavy (non-hydrogen) atoms. The van der Waals surface area contributed by atoms with E-state index in [1.54, 1.807) is 6.92 Å². The van der Waals surface area contributed by atoms with Crippen molar-refractivity contribution in [2.75, 3.05) is 26.5 Å². The van der Waals surface area contributed by atoms with Crippen LogP contribution in [0.2, 0.25) is 0 Å². The predicted molar refractivity (Wildman–Crippen MR) is 145 cm³/mol. The van der Waals surface area contributed by atoms with Crippen molar-refractivity contribution in [3.63, 3.8) is 0 Å². The average Bonchev–Trinajstić information content (AvgIpc) is 2.89. The Morgan fingerprint density at radius 2 is 1.74 bits per heavy atom. The summed E-state index contributed by atoms with van der Waals surface area (Å²) in [6.45, 7) is 6.21. The third kappa shape index (κ3) is 6.97. The highest BCUT2D eigenvalue weighted by molar-refractivity contribution is 7.88. The van der Waals surface area contributed by atoms with E-state index >= 15 is 0 Å². The molecule has 2 N–H and O–H groups in total. The van der Waals surface area contributed by atoms with Crippen LogP contribution in [0.1, 0.15) is 45.2 Å². The van der Waals surface area contributed by atoms with Crippen molar-refractivity contribution < 1.29 is 27.5 Å². The van der Waals surface area contributed by atoms with Gasteiger partial charge in [-0.15, -0.1) is 0 Å². The van der Waals surface area contributed by atoms with Crippen LogP contribution in [0.5, 0.6) is 0 Å². The first-order valence-electron chi connectivity index (χ1n) is 12.5. The van der Waals surface area contributed by atoms with E-state index in [0.29, 0.717) is 25.9 Å².